The number of fused-ring (bicyclic) bond motifs is 1. The topological polar surface area (TPSA) is 48.0 Å². The maximum Gasteiger partial charge on any atom is 0.498 e. The van der Waals surface area contributed by atoms with Crippen molar-refractivity contribution in [2.45, 2.75) is 90.6 Å². The lowest BCUT2D eigenvalue weighted by molar-refractivity contribution is 0.00578. The smallest absolute Gasteiger partial charge is 0.444 e. The van der Waals surface area contributed by atoms with Gasteiger partial charge in [0.05, 0.1) is 17.2 Å². The highest BCUT2D eigenvalue weighted by Gasteiger charge is 2.53. The van der Waals surface area contributed by atoms with Crippen molar-refractivity contribution in [2.75, 3.05) is 7.05 Å². The van der Waals surface area contributed by atoms with Crippen molar-refractivity contribution < 1.29 is 23.2 Å². The van der Waals surface area contributed by atoms with Crippen molar-refractivity contribution >= 4 is 18.7 Å². The number of carbonyl (C=O) groups excluding carboxylic acids is 1. The molecular weight excluding hydrogens is 372 g/mol. The van der Waals surface area contributed by atoms with Crippen LogP contribution in [0.2, 0.25) is 0 Å². The van der Waals surface area contributed by atoms with Gasteiger partial charge in [-0.3, -0.25) is 0 Å². The largest absolute Gasteiger partial charge is 0.498 e. The van der Waals surface area contributed by atoms with E-state index in [-0.39, 0.29) is 18.0 Å². The van der Waals surface area contributed by atoms with Gasteiger partial charge < -0.3 is 18.9 Å². The molecule has 1 heterocycles. The van der Waals surface area contributed by atoms with Crippen LogP contribution in [0, 0.1) is 5.82 Å². The molecule has 1 atom stereocenters. The molecule has 160 valence electrons. The quantitative estimate of drug-likeness (QED) is 0.686. The van der Waals surface area contributed by atoms with E-state index in [9.17, 15) is 9.18 Å². The molecule has 1 aromatic rings. The third-order valence-corrected chi connectivity index (χ3v) is 6.24. The number of hydrogen-bond donors (Lipinski definition) is 0. The number of amides is 1. The summed E-state index contributed by atoms with van der Waals surface area (Å²) in [5.41, 5.74) is 0.622. The van der Waals surface area contributed by atoms with Crippen LogP contribution in [-0.2, 0) is 20.5 Å². The lowest BCUT2D eigenvalue weighted by Crippen LogP contribution is -2.43. The standard InChI is InChI=1S/C22H33BFNO4/c1-20(2,3)27-19(26)25(8)17-11-9-10-15-14(17)12-13-16(24)18(15)23-28-21(4,5)22(6,7)29-23/h12-13,17H,9-11H2,1-8H3. The molecule has 7 heteroatoms. The number of rotatable bonds is 2. The Morgan fingerprint density at radius 2 is 1.79 bits per heavy atom. The lowest BCUT2D eigenvalue weighted by atomic mass is 9.70. The van der Waals surface area contributed by atoms with Crippen LogP contribution in [0.25, 0.3) is 0 Å². The summed E-state index contributed by atoms with van der Waals surface area (Å²) in [4.78, 5) is 14.2. The van der Waals surface area contributed by atoms with Crippen LogP contribution < -0.4 is 5.46 Å². The van der Waals surface area contributed by atoms with Crippen LogP contribution in [0.15, 0.2) is 12.1 Å². The molecule has 1 saturated heterocycles. The molecule has 0 aromatic heterocycles. The first-order chi connectivity index (χ1) is 13.2. The first-order valence-corrected chi connectivity index (χ1v) is 10.4. The third kappa shape index (κ3) is 4.17. The van der Waals surface area contributed by atoms with Gasteiger partial charge in [-0.2, -0.15) is 0 Å². The van der Waals surface area contributed by atoms with Crippen LogP contribution >= 0.6 is 0 Å². The second-order valence-electron chi connectivity index (χ2n) is 10.1. The molecule has 0 saturated carbocycles. The van der Waals surface area contributed by atoms with Crippen molar-refractivity contribution in [3.63, 3.8) is 0 Å². The van der Waals surface area contributed by atoms with E-state index in [1.807, 2.05) is 48.5 Å². The summed E-state index contributed by atoms with van der Waals surface area (Å²) >= 11 is 0. The Bertz CT molecular complexity index is 787. The van der Waals surface area contributed by atoms with Crippen molar-refractivity contribution in [3.8, 4) is 0 Å². The van der Waals surface area contributed by atoms with E-state index in [1.165, 1.54) is 6.07 Å². The van der Waals surface area contributed by atoms with Gasteiger partial charge in [0, 0.05) is 12.5 Å². The van der Waals surface area contributed by atoms with E-state index < -0.39 is 23.9 Å². The highest BCUT2D eigenvalue weighted by molar-refractivity contribution is 6.62. The summed E-state index contributed by atoms with van der Waals surface area (Å²) < 4.78 is 32.8. The molecule has 1 aromatic carbocycles. The van der Waals surface area contributed by atoms with Crippen LogP contribution in [0.4, 0.5) is 9.18 Å². The zero-order valence-corrected chi connectivity index (χ0v) is 18.9. The second kappa shape index (κ2) is 7.27. The molecule has 5 nitrogen and oxygen atoms in total. The molecule has 0 radical (unpaired) electrons. The minimum absolute atomic E-state index is 0.171. The van der Waals surface area contributed by atoms with Gasteiger partial charge in [-0.05, 0) is 84.9 Å². The predicted octanol–water partition coefficient (Wildman–Crippen LogP) is 4.37. The first-order valence-electron chi connectivity index (χ1n) is 10.4. The van der Waals surface area contributed by atoms with Crippen molar-refractivity contribution in [1.82, 2.24) is 4.90 Å². The number of carbonyl (C=O) groups is 1. The molecule has 1 amide bonds. The van der Waals surface area contributed by atoms with Gasteiger partial charge >= 0.3 is 13.2 Å². The summed E-state index contributed by atoms with van der Waals surface area (Å²) in [6.45, 7) is 13.4. The van der Waals surface area contributed by atoms with Gasteiger partial charge in [-0.25, -0.2) is 9.18 Å². The molecule has 0 spiro atoms. The Morgan fingerprint density at radius 1 is 1.21 bits per heavy atom. The fourth-order valence-corrected chi connectivity index (χ4v) is 3.95. The molecule has 2 aliphatic rings. The van der Waals surface area contributed by atoms with Crippen LogP contribution in [0.5, 0.6) is 0 Å². The molecular formula is C22H33BFNO4. The Kier molecular flexibility index (Phi) is 5.54. The summed E-state index contributed by atoms with van der Waals surface area (Å²) in [6.07, 6.45) is 2.00. The number of ether oxygens (including phenoxy) is 1. The van der Waals surface area contributed by atoms with Gasteiger partial charge in [0.2, 0.25) is 0 Å². The van der Waals surface area contributed by atoms with Gasteiger partial charge in [0.15, 0.2) is 0 Å². The van der Waals surface area contributed by atoms with E-state index >= 15 is 0 Å². The molecule has 1 fully saturated rings. The zero-order valence-electron chi connectivity index (χ0n) is 18.9. The molecule has 1 aliphatic carbocycles. The number of nitrogens with zero attached hydrogens (tertiary/aromatic N) is 1. The van der Waals surface area contributed by atoms with E-state index in [0.29, 0.717) is 5.46 Å². The Balaban J connectivity index is 1.96. The van der Waals surface area contributed by atoms with Crippen molar-refractivity contribution in [2.24, 2.45) is 0 Å². The lowest BCUT2D eigenvalue weighted by Gasteiger charge is -2.35. The van der Waals surface area contributed by atoms with Crippen LogP contribution in [0.1, 0.15) is 78.5 Å². The number of hydrogen-bond acceptors (Lipinski definition) is 4. The SMILES string of the molecule is CN(C(=O)OC(C)(C)C)C1CCCc2c1ccc(F)c2B1OC(C)(C)C(C)(C)O1. The minimum atomic E-state index is -0.763. The maximum atomic E-state index is 15.0. The molecule has 0 N–H and O–H groups in total. The van der Waals surface area contributed by atoms with Crippen molar-refractivity contribution in [3.05, 3.63) is 29.1 Å². The Labute approximate surface area is 174 Å². The summed E-state index contributed by atoms with van der Waals surface area (Å²) in [5, 5.41) is 0. The van der Waals surface area contributed by atoms with E-state index in [2.05, 4.69) is 0 Å². The van der Waals surface area contributed by atoms with Gasteiger partial charge in [-0.1, -0.05) is 6.07 Å². The summed E-state index contributed by atoms with van der Waals surface area (Å²) in [5.74, 6) is -0.331. The molecule has 3 rings (SSSR count). The predicted molar refractivity (Wildman–Crippen MR) is 112 cm³/mol. The normalized spacial score (nSPS) is 22.9. The molecule has 29 heavy (non-hydrogen) atoms. The maximum absolute atomic E-state index is 15.0. The Hall–Kier alpha value is -1.60. The highest BCUT2D eigenvalue weighted by Crippen LogP contribution is 2.39. The van der Waals surface area contributed by atoms with Crippen LogP contribution in [-0.4, -0.2) is 42.0 Å². The number of benzene rings is 1. The average Bonchev–Trinajstić information content (AvgIpc) is 2.79. The number of halogens is 1. The molecule has 1 unspecified atom stereocenters. The first kappa shape index (κ1) is 22.1. The van der Waals surface area contributed by atoms with Crippen molar-refractivity contribution in [1.29, 1.82) is 0 Å². The summed E-state index contributed by atoms with van der Waals surface area (Å²) in [7, 11) is 0.978. The van der Waals surface area contributed by atoms with Gasteiger partial charge in [0.1, 0.15) is 11.4 Å². The Morgan fingerprint density at radius 3 is 2.34 bits per heavy atom. The molecule has 1 aliphatic heterocycles. The van der Waals surface area contributed by atoms with E-state index in [1.54, 1.807) is 18.0 Å². The second-order valence-corrected chi connectivity index (χ2v) is 10.1. The fourth-order valence-electron chi connectivity index (χ4n) is 3.95. The molecule has 0 bridgehead atoms. The van der Waals surface area contributed by atoms with E-state index in [4.69, 9.17) is 14.0 Å². The zero-order chi connectivity index (χ0) is 21.8. The average molecular weight is 405 g/mol. The summed E-state index contributed by atoms with van der Waals surface area (Å²) in [6, 6.07) is 3.07. The van der Waals surface area contributed by atoms with Gasteiger partial charge in [-0.15, -0.1) is 0 Å². The third-order valence-electron chi connectivity index (χ3n) is 6.24. The van der Waals surface area contributed by atoms with E-state index in [0.717, 1.165) is 30.4 Å². The van der Waals surface area contributed by atoms with Crippen LogP contribution in [0.3, 0.4) is 0 Å². The monoisotopic (exact) mass is 405 g/mol. The van der Waals surface area contributed by atoms with Gasteiger partial charge in [0.25, 0.3) is 0 Å². The minimum Gasteiger partial charge on any atom is -0.444 e. The highest BCUT2D eigenvalue weighted by atomic mass is 19.1. The fraction of sp³-hybridized carbons (Fsp3) is 0.682.